The van der Waals surface area contributed by atoms with Crippen LogP contribution in [0.15, 0.2) is 42.7 Å². The predicted molar refractivity (Wildman–Crippen MR) is 118 cm³/mol. The number of nitrogens with zero attached hydrogens (tertiary/aromatic N) is 5. The predicted octanol–water partition coefficient (Wildman–Crippen LogP) is 2.19. The van der Waals surface area contributed by atoms with Gasteiger partial charge in [-0.15, -0.1) is 0 Å². The Morgan fingerprint density at radius 1 is 1.23 bits per heavy atom. The molecule has 3 rings (SSSR count). The van der Waals surface area contributed by atoms with E-state index < -0.39 is 0 Å². The van der Waals surface area contributed by atoms with E-state index >= 15 is 0 Å². The molecule has 1 amide bonds. The van der Waals surface area contributed by atoms with Crippen LogP contribution in [0.3, 0.4) is 0 Å². The Hall–Kier alpha value is -2.38. The van der Waals surface area contributed by atoms with Crippen LogP contribution in [0.2, 0.25) is 0 Å². The Morgan fingerprint density at radius 2 is 2.07 bits per heavy atom. The molecular weight excluding hydrogens is 378 g/mol. The second-order valence-corrected chi connectivity index (χ2v) is 8.40. The van der Waals surface area contributed by atoms with Crippen molar-refractivity contribution in [3.8, 4) is 5.75 Å². The van der Waals surface area contributed by atoms with E-state index in [9.17, 15) is 4.79 Å². The van der Waals surface area contributed by atoms with Gasteiger partial charge in [-0.2, -0.15) is 5.10 Å². The van der Waals surface area contributed by atoms with Gasteiger partial charge in [0.15, 0.2) is 0 Å². The molecule has 7 nitrogen and oxygen atoms in total. The number of rotatable bonds is 10. The van der Waals surface area contributed by atoms with Crippen molar-refractivity contribution in [2.24, 2.45) is 5.92 Å². The molecule has 1 atom stereocenters. The SMILES string of the molecule is COc1ccccc1CN1CCCC(CN(CCN(C)C)C(=O)Cn2cccn2)C1. The highest BCUT2D eigenvalue weighted by Crippen LogP contribution is 2.24. The zero-order chi connectivity index (χ0) is 21.3. The molecule has 0 aliphatic carbocycles. The fraction of sp³-hybridized carbons (Fsp3) is 0.565. The number of hydrogen-bond acceptors (Lipinski definition) is 5. The molecule has 1 fully saturated rings. The van der Waals surface area contributed by atoms with Crippen LogP contribution >= 0.6 is 0 Å². The lowest BCUT2D eigenvalue weighted by Gasteiger charge is -2.36. The van der Waals surface area contributed by atoms with Crippen molar-refractivity contribution in [3.05, 3.63) is 48.3 Å². The van der Waals surface area contributed by atoms with Crippen LogP contribution in [0.1, 0.15) is 18.4 Å². The lowest BCUT2D eigenvalue weighted by molar-refractivity contribution is -0.133. The summed E-state index contributed by atoms with van der Waals surface area (Å²) in [6, 6.07) is 10.1. The number of ether oxygens (including phenoxy) is 1. The number of carbonyl (C=O) groups is 1. The third-order valence-electron chi connectivity index (χ3n) is 5.69. The Balaban J connectivity index is 1.60. The van der Waals surface area contributed by atoms with Gasteiger partial charge in [0.05, 0.1) is 7.11 Å². The minimum atomic E-state index is 0.141. The number of carbonyl (C=O) groups excluding carboxylic acids is 1. The summed E-state index contributed by atoms with van der Waals surface area (Å²) in [6.45, 7) is 5.70. The molecule has 7 heteroatoms. The molecule has 1 aliphatic heterocycles. The average Bonchev–Trinajstić information content (AvgIpc) is 3.24. The van der Waals surface area contributed by atoms with Crippen LogP contribution < -0.4 is 4.74 Å². The number of hydrogen-bond donors (Lipinski definition) is 0. The lowest BCUT2D eigenvalue weighted by atomic mass is 9.96. The zero-order valence-electron chi connectivity index (χ0n) is 18.5. The Labute approximate surface area is 180 Å². The van der Waals surface area contributed by atoms with Crippen LogP contribution in [0.5, 0.6) is 5.75 Å². The smallest absolute Gasteiger partial charge is 0.244 e. The monoisotopic (exact) mass is 413 g/mol. The minimum absolute atomic E-state index is 0.141. The first kappa shape index (κ1) is 22.3. The van der Waals surface area contributed by atoms with Crippen LogP contribution in [0.4, 0.5) is 0 Å². The number of methoxy groups -OCH3 is 1. The summed E-state index contributed by atoms with van der Waals surface area (Å²) in [4.78, 5) is 19.6. The maximum atomic E-state index is 13.0. The van der Waals surface area contributed by atoms with E-state index in [4.69, 9.17) is 4.74 Å². The molecule has 0 radical (unpaired) electrons. The highest BCUT2D eigenvalue weighted by Gasteiger charge is 2.25. The molecule has 0 saturated carbocycles. The number of aromatic nitrogens is 2. The van der Waals surface area contributed by atoms with E-state index in [1.54, 1.807) is 18.0 Å². The summed E-state index contributed by atoms with van der Waals surface area (Å²) in [7, 11) is 5.82. The fourth-order valence-corrected chi connectivity index (χ4v) is 4.10. The Bertz CT molecular complexity index is 778. The standard InChI is InChI=1S/C23H35N5O2/c1-25(2)14-15-27(23(29)19-28-13-7-11-24-28)17-20-8-6-12-26(16-20)18-21-9-4-5-10-22(21)30-3/h4-5,7,9-11,13,20H,6,8,12,14-19H2,1-3H3. The van der Waals surface area contributed by atoms with E-state index in [2.05, 4.69) is 27.0 Å². The number of likely N-dealkylation sites (N-methyl/N-ethyl adjacent to an activating group) is 1. The van der Waals surface area contributed by atoms with Crippen molar-refractivity contribution in [1.29, 1.82) is 0 Å². The molecule has 0 N–H and O–H groups in total. The van der Waals surface area contributed by atoms with Gasteiger partial charge < -0.3 is 14.5 Å². The van der Waals surface area contributed by atoms with Gasteiger partial charge in [0.1, 0.15) is 12.3 Å². The minimum Gasteiger partial charge on any atom is -0.496 e. The van der Waals surface area contributed by atoms with Gasteiger partial charge in [-0.1, -0.05) is 18.2 Å². The molecule has 0 bridgehead atoms. The number of amides is 1. The summed E-state index contributed by atoms with van der Waals surface area (Å²) in [5.74, 6) is 1.57. The topological polar surface area (TPSA) is 53.8 Å². The van der Waals surface area contributed by atoms with Crippen LogP contribution in [0, 0.1) is 5.92 Å². The molecule has 164 valence electrons. The fourth-order valence-electron chi connectivity index (χ4n) is 4.10. The average molecular weight is 414 g/mol. The van der Waals surface area contributed by atoms with E-state index in [1.807, 2.05) is 43.4 Å². The summed E-state index contributed by atoms with van der Waals surface area (Å²) in [6.07, 6.45) is 5.89. The molecule has 2 aromatic rings. The maximum Gasteiger partial charge on any atom is 0.244 e. The quantitative estimate of drug-likeness (QED) is 0.598. The maximum absolute atomic E-state index is 13.0. The Morgan fingerprint density at radius 3 is 2.80 bits per heavy atom. The van der Waals surface area contributed by atoms with Crippen molar-refractivity contribution in [3.63, 3.8) is 0 Å². The van der Waals surface area contributed by atoms with E-state index in [0.29, 0.717) is 12.5 Å². The molecule has 1 unspecified atom stereocenters. The molecule has 1 saturated heterocycles. The highest BCUT2D eigenvalue weighted by molar-refractivity contribution is 5.75. The Kier molecular flexibility index (Phi) is 8.28. The summed E-state index contributed by atoms with van der Waals surface area (Å²) >= 11 is 0. The first-order chi connectivity index (χ1) is 14.5. The summed E-state index contributed by atoms with van der Waals surface area (Å²) in [5, 5.41) is 4.19. The van der Waals surface area contributed by atoms with Crippen molar-refractivity contribution in [2.45, 2.75) is 25.9 Å². The van der Waals surface area contributed by atoms with Gasteiger partial charge in [0.2, 0.25) is 5.91 Å². The zero-order valence-corrected chi connectivity index (χ0v) is 18.5. The summed E-state index contributed by atoms with van der Waals surface area (Å²) in [5.41, 5.74) is 1.22. The molecule has 1 aromatic carbocycles. The van der Waals surface area contributed by atoms with Crippen molar-refractivity contribution in [2.75, 3.05) is 53.9 Å². The molecule has 1 aliphatic rings. The van der Waals surface area contributed by atoms with Crippen LogP contribution in [0.25, 0.3) is 0 Å². The van der Waals surface area contributed by atoms with E-state index in [1.165, 1.54) is 5.56 Å². The van der Waals surface area contributed by atoms with E-state index in [0.717, 1.165) is 57.9 Å². The molecular formula is C23H35N5O2. The van der Waals surface area contributed by atoms with Gasteiger partial charge in [-0.05, 0) is 51.5 Å². The van der Waals surface area contributed by atoms with Gasteiger partial charge >= 0.3 is 0 Å². The first-order valence-electron chi connectivity index (χ1n) is 10.8. The molecule has 2 heterocycles. The molecule has 1 aromatic heterocycles. The normalized spacial score (nSPS) is 17.3. The lowest BCUT2D eigenvalue weighted by Crippen LogP contribution is -2.45. The van der Waals surface area contributed by atoms with Crippen LogP contribution in [-0.4, -0.2) is 84.3 Å². The molecule has 0 spiro atoms. The summed E-state index contributed by atoms with van der Waals surface area (Å²) < 4.78 is 7.23. The first-order valence-corrected chi connectivity index (χ1v) is 10.8. The van der Waals surface area contributed by atoms with Gasteiger partial charge in [-0.3, -0.25) is 14.4 Å². The second-order valence-electron chi connectivity index (χ2n) is 8.40. The van der Waals surface area contributed by atoms with Gasteiger partial charge in [0.25, 0.3) is 0 Å². The largest absolute Gasteiger partial charge is 0.496 e. The number of piperidine rings is 1. The van der Waals surface area contributed by atoms with Crippen LogP contribution in [-0.2, 0) is 17.9 Å². The van der Waals surface area contributed by atoms with Crippen molar-refractivity contribution >= 4 is 5.91 Å². The highest BCUT2D eigenvalue weighted by atomic mass is 16.5. The second kappa shape index (κ2) is 11.1. The third-order valence-corrected chi connectivity index (χ3v) is 5.69. The number of benzene rings is 1. The number of para-hydroxylation sites is 1. The van der Waals surface area contributed by atoms with Crippen molar-refractivity contribution < 1.29 is 9.53 Å². The van der Waals surface area contributed by atoms with Crippen molar-refractivity contribution in [1.82, 2.24) is 24.5 Å². The third kappa shape index (κ3) is 6.57. The number of likely N-dealkylation sites (tertiary alicyclic amines) is 1. The van der Waals surface area contributed by atoms with E-state index in [-0.39, 0.29) is 5.91 Å². The van der Waals surface area contributed by atoms with Gasteiger partial charge in [-0.25, -0.2) is 0 Å². The molecule has 30 heavy (non-hydrogen) atoms. The van der Waals surface area contributed by atoms with Gasteiger partial charge in [0, 0.05) is 50.7 Å².